The molecule has 0 aliphatic heterocycles. The van der Waals surface area contributed by atoms with E-state index in [1.165, 1.54) is 24.8 Å². The van der Waals surface area contributed by atoms with Crippen molar-refractivity contribution in [2.24, 2.45) is 5.92 Å². The summed E-state index contributed by atoms with van der Waals surface area (Å²) in [6.45, 7) is 0.871. The van der Waals surface area contributed by atoms with Crippen molar-refractivity contribution in [3.8, 4) is 5.75 Å². The van der Waals surface area contributed by atoms with Gasteiger partial charge in [-0.1, -0.05) is 53.6 Å². The third kappa shape index (κ3) is 3.85. The maximum atomic E-state index is 5.98. The first-order valence-corrected chi connectivity index (χ1v) is 7.68. The number of methoxy groups -OCH3 is 1. The van der Waals surface area contributed by atoms with Crippen LogP contribution in [0.4, 0.5) is 0 Å². The predicted molar refractivity (Wildman–Crippen MR) is 77.9 cm³/mol. The van der Waals surface area contributed by atoms with Crippen LogP contribution in [-0.2, 0) is 4.74 Å². The minimum atomic E-state index is 0.158. The van der Waals surface area contributed by atoms with Crippen LogP contribution in [-0.4, -0.2) is 18.1 Å². The van der Waals surface area contributed by atoms with Crippen molar-refractivity contribution < 1.29 is 9.47 Å². The van der Waals surface area contributed by atoms with Gasteiger partial charge in [-0.2, -0.15) is 0 Å². The lowest BCUT2D eigenvalue weighted by Crippen LogP contribution is -2.09. The van der Waals surface area contributed by atoms with E-state index in [9.17, 15) is 0 Å². The molecule has 0 aromatic heterocycles. The molecule has 17 heavy (non-hydrogen) atoms. The Morgan fingerprint density at radius 2 is 2.12 bits per heavy atom. The van der Waals surface area contributed by atoms with Crippen LogP contribution in [0.2, 0.25) is 0 Å². The third-order valence-electron chi connectivity index (χ3n) is 3.17. The Labute approximate surface area is 117 Å². The number of ether oxygens (including phenoxy) is 2. The second-order valence-corrected chi connectivity index (χ2v) is 5.37. The summed E-state index contributed by atoms with van der Waals surface area (Å²) in [5.74, 6) is 1.86. The molecule has 1 aromatic rings. The molecule has 1 aliphatic rings. The highest BCUT2D eigenvalue weighted by Crippen LogP contribution is 2.34. The van der Waals surface area contributed by atoms with Gasteiger partial charge in [-0.3, -0.25) is 0 Å². The molecule has 0 spiro atoms. The van der Waals surface area contributed by atoms with Gasteiger partial charge in [-0.15, -0.1) is 0 Å². The van der Waals surface area contributed by atoms with Crippen LogP contribution in [0.25, 0.3) is 0 Å². The van der Waals surface area contributed by atoms with Crippen LogP contribution >= 0.6 is 22.6 Å². The first kappa shape index (κ1) is 13.1. The number of alkyl halides is 1. The summed E-state index contributed by atoms with van der Waals surface area (Å²) < 4.78 is 12.3. The zero-order valence-corrected chi connectivity index (χ0v) is 12.4. The van der Waals surface area contributed by atoms with E-state index in [0.29, 0.717) is 0 Å². The van der Waals surface area contributed by atoms with Gasteiger partial charge < -0.3 is 9.47 Å². The third-order valence-corrected chi connectivity index (χ3v) is 3.97. The normalized spacial score (nSPS) is 16.8. The molecular formula is C14H19IO2. The molecule has 94 valence electrons. The maximum Gasteiger partial charge on any atom is 0.124 e. The van der Waals surface area contributed by atoms with Crippen molar-refractivity contribution in [3.63, 3.8) is 0 Å². The van der Waals surface area contributed by atoms with Crippen LogP contribution in [0.15, 0.2) is 24.3 Å². The molecular weight excluding hydrogens is 327 g/mol. The topological polar surface area (TPSA) is 18.5 Å². The fraction of sp³-hybridized carbons (Fsp3) is 0.571. The monoisotopic (exact) mass is 346 g/mol. The number of rotatable bonds is 7. The van der Waals surface area contributed by atoms with Gasteiger partial charge >= 0.3 is 0 Å². The van der Waals surface area contributed by atoms with Crippen molar-refractivity contribution in [2.75, 3.05) is 18.1 Å². The van der Waals surface area contributed by atoms with Crippen molar-refractivity contribution in [1.29, 1.82) is 0 Å². The molecule has 3 heteroatoms. The molecule has 1 aliphatic carbocycles. The average Bonchev–Trinajstić information content (AvgIpc) is 3.19. The average molecular weight is 346 g/mol. The molecule has 0 radical (unpaired) electrons. The molecule has 0 saturated heterocycles. The van der Waals surface area contributed by atoms with Gasteiger partial charge in [0.05, 0.1) is 13.2 Å². The fourth-order valence-corrected chi connectivity index (χ4v) is 2.66. The SMILES string of the molecule is COc1ccccc1C(CI)OCCC1CC1. The first-order valence-electron chi connectivity index (χ1n) is 6.15. The van der Waals surface area contributed by atoms with Gasteiger partial charge in [0.15, 0.2) is 0 Å². The Morgan fingerprint density at radius 3 is 2.76 bits per heavy atom. The lowest BCUT2D eigenvalue weighted by atomic mass is 10.1. The molecule has 1 fully saturated rings. The van der Waals surface area contributed by atoms with Crippen molar-refractivity contribution in [1.82, 2.24) is 0 Å². The molecule has 1 saturated carbocycles. The number of para-hydroxylation sites is 1. The summed E-state index contributed by atoms with van der Waals surface area (Å²) in [6, 6.07) is 8.14. The van der Waals surface area contributed by atoms with E-state index in [4.69, 9.17) is 9.47 Å². The molecule has 1 unspecified atom stereocenters. The van der Waals surface area contributed by atoms with Crippen molar-refractivity contribution in [3.05, 3.63) is 29.8 Å². The largest absolute Gasteiger partial charge is 0.496 e. The summed E-state index contributed by atoms with van der Waals surface area (Å²) >= 11 is 2.38. The standard InChI is InChI=1S/C14H19IO2/c1-16-13-5-3-2-4-12(13)14(10-15)17-9-8-11-6-7-11/h2-5,11,14H,6-10H2,1H3. The highest BCUT2D eigenvalue weighted by Gasteiger charge is 2.22. The number of hydrogen-bond donors (Lipinski definition) is 0. The van der Waals surface area contributed by atoms with E-state index in [2.05, 4.69) is 28.7 Å². The van der Waals surface area contributed by atoms with Crippen LogP contribution in [0.3, 0.4) is 0 Å². The quantitative estimate of drug-likeness (QED) is 0.549. The van der Waals surface area contributed by atoms with E-state index in [1.54, 1.807) is 7.11 Å². The maximum absolute atomic E-state index is 5.98. The second-order valence-electron chi connectivity index (χ2n) is 4.49. The number of halogens is 1. The van der Waals surface area contributed by atoms with E-state index < -0.39 is 0 Å². The summed E-state index contributed by atoms with van der Waals surface area (Å²) in [5.41, 5.74) is 1.17. The summed E-state index contributed by atoms with van der Waals surface area (Å²) in [4.78, 5) is 0. The minimum absolute atomic E-state index is 0.158. The lowest BCUT2D eigenvalue weighted by molar-refractivity contribution is 0.0649. The molecule has 2 rings (SSSR count). The van der Waals surface area contributed by atoms with Crippen molar-refractivity contribution >= 4 is 22.6 Å². The van der Waals surface area contributed by atoms with Crippen LogP contribution in [0.5, 0.6) is 5.75 Å². The highest BCUT2D eigenvalue weighted by molar-refractivity contribution is 14.1. The molecule has 2 nitrogen and oxygen atoms in total. The number of benzene rings is 1. The molecule has 0 N–H and O–H groups in total. The Balaban J connectivity index is 1.94. The van der Waals surface area contributed by atoms with Gasteiger partial charge in [0, 0.05) is 16.6 Å². The number of hydrogen-bond acceptors (Lipinski definition) is 2. The molecule has 0 amide bonds. The Bertz CT molecular complexity index is 350. The molecule has 1 aromatic carbocycles. The predicted octanol–water partition coefficient (Wildman–Crippen LogP) is 3.99. The van der Waals surface area contributed by atoms with E-state index in [0.717, 1.165) is 22.7 Å². The van der Waals surface area contributed by atoms with Gasteiger partial charge in [0.25, 0.3) is 0 Å². The summed E-state index contributed by atoms with van der Waals surface area (Å²) in [5, 5.41) is 0. The van der Waals surface area contributed by atoms with Crippen LogP contribution in [0.1, 0.15) is 30.9 Å². The van der Waals surface area contributed by atoms with Crippen molar-refractivity contribution in [2.45, 2.75) is 25.4 Å². The van der Waals surface area contributed by atoms with E-state index in [-0.39, 0.29) is 6.10 Å². The van der Waals surface area contributed by atoms with E-state index in [1.807, 2.05) is 18.2 Å². The second kappa shape index (κ2) is 6.59. The van der Waals surface area contributed by atoms with Crippen LogP contribution in [0, 0.1) is 5.92 Å². The highest BCUT2D eigenvalue weighted by atomic mass is 127. The minimum Gasteiger partial charge on any atom is -0.496 e. The Kier molecular flexibility index (Phi) is 5.10. The van der Waals surface area contributed by atoms with Gasteiger partial charge in [0.1, 0.15) is 5.75 Å². The molecule has 0 bridgehead atoms. The summed E-state index contributed by atoms with van der Waals surface area (Å²) in [6.07, 6.45) is 4.16. The zero-order chi connectivity index (χ0) is 12.1. The van der Waals surface area contributed by atoms with Gasteiger partial charge in [-0.25, -0.2) is 0 Å². The van der Waals surface area contributed by atoms with Gasteiger partial charge in [0.2, 0.25) is 0 Å². The van der Waals surface area contributed by atoms with Gasteiger partial charge in [-0.05, 0) is 18.4 Å². The summed E-state index contributed by atoms with van der Waals surface area (Å²) in [7, 11) is 1.72. The Morgan fingerprint density at radius 1 is 1.35 bits per heavy atom. The zero-order valence-electron chi connectivity index (χ0n) is 10.2. The smallest absolute Gasteiger partial charge is 0.124 e. The first-order chi connectivity index (χ1) is 8.35. The molecule has 1 atom stereocenters. The van der Waals surface area contributed by atoms with Crippen LogP contribution < -0.4 is 4.74 Å². The van der Waals surface area contributed by atoms with E-state index >= 15 is 0 Å². The fourth-order valence-electron chi connectivity index (χ4n) is 1.93. The lowest BCUT2D eigenvalue weighted by Gasteiger charge is -2.18. The Hall–Kier alpha value is -0.290. The molecule has 0 heterocycles.